The van der Waals surface area contributed by atoms with Gasteiger partial charge in [0.15, 0.2) is 0 Å². The lowest BCUT2D eigenvalue weighted by Crippen LogP contribution is -2.52. The fourth-order valence-corrected chi connectivity index (χ4v) is 4.59. The van der Waals surface area contributed by atoms with Gasteiger partial charge in [-0.05, 0) is 62.3 Å². The van der Waals surface area contributed by atoms with Gasteiger partial charge in [0, 0.05) is 25.3 Å². The molecule has 0 spiro atoms. The number of nitrogens with zero attached hydrogens (tertiary/aromatic N) is 4. The summed E-state index contributed by atoms with van der Waals surface area (Å²) in [7, 11) is 0. The van der Waals surface area contributed by atoms with Crippen LogP contribution in [0.4, 0.5) is 10.6 Å². The molecule has 2 unspecified atom stereocenters. The minimum Gasteiger partial charge on any atom is -0.350 e. The van der Waals surface area contributed by atoms with Crippen LogP contribution in [0.5, 0.6) is 0 Å². The summed E-state index contributed by atoms with van der Waals surface area (Å²) < 4.78 is 0. The molecule has 184 valence electrons. The van der Waals surface area contributed by atoms with Crippen LogP contribution in [0, 0.1) is 23.2 Å². The van der Waals surface area contributed by atoms with Crippen LogP contribution in [-0.2, 0) is 0 Å². The fraction of sp³-hybridized carbons (Fsp3) is 0.444. The van der Waals surface area contributed by atoms with E-state index in [2.05, 4.69) is 31.1 Å². The smallest absolute Gasteiger partial charge is 0.332 e. The van der Waals surface area contributed by atoms with Crippen molar-refractivity contribution >= 4 is 23.7 Å². The monoisotopic (exact) mass is 475 g/mol. The van der Waals surface area contributed by atoms with Gasteiger partial charge < -0.3 is 5.32 Å². The van der Waals surface area contributed by atoms with Gasteiger partial charge in [0.1, 0.15) is 5.82 Å². The number of aromatic nitrogens is 1. The van der Waals surface area contributed by atoms with E-state index in [0.29, 0.717) is 36.2 Å². The summed E-state index contributed by atoms with van der Waals surface area (Å²) in [6.07, 6.45) is 4.04. The third-order valence-corrected chi connectivity index (χ3v) is 6.04. The SMILES string of the molecule is CC(C)CC(C)CC(C)NC(=O)c1ccc(N2CCCN(C(=O)c3ccccc3C#N)C2=O)nc1. The maximum Gasteiger partial charge on any atom is 0.332 e. The molecule has 1 aliphatic heterocycles. The topological polar surface area (TPSA) is 106 Å². The van der Waals surface area contributed by atoms with Crippen molar-refractivity contribution < 1.29 is 14.4 Å². The minimum absolute atomic E-state index is 0.0375. The number of hydrogen-bond donors (Lipinski definition) is 1. The van der Waals surface area contributed by atoms with Gasteiger partial charge in [0.2, 0.25) is 0 Å². The number of carbonyl (C=O) groups is 3. The van der Waals surface area contributed by atoms with E-state index in [4.69, 9.17) is 0 Å². The van der Waals surface area contributed by atoms with Crippen LogP contribution in [0.15, 0.2) is 42.6 Å². The third kappa shape index (κ3) is 6.44. The molecule has 1 N–H and O–H groups in total. The van der Waals surface area contributed by atoms with Crippen molar-refractivity contribution in [3.8, 4) is 6.07 Å². The lowest BCUT2D eigenvalue weighted by molar-refractivity contribution is 0.0792. The molecule has 8 heteroatoms. The van der Waals surface area contributed by atoms with Crippen LogP contribution in [-0.4, -0.2) is 46.9 Å². The zero-order chi connectivity index (χ0) is 25.5. The number of carbonyl (C=O) groups excluding carboxylic acids is 3. The Kier molecular flexibility index (Phi) is 8.58. The summed E-state index contributed by atoms with van der Waals surface area (Å²) in [5, 5.41) is 12.3. The van der Waals surface area contributed by atoms with E-state index in [9.17, 15) is 19.6 Å². The molecule has 0 saturated carbocycles. The number of nitrogens with one attached hydrogen (secondary N) is 1. The second-order valence-electron chi connectivity index (χ2n) is 9.65. The normalized spacial score (nSPS) is 15.5. The Morgan fingerprint density at radius 3 is 2.49 bits per heavy atom. The largest absolute Gasteiger partial charge is 0.350 e. The molecule has 2 heterocycles. The first-order valence-electron chi connectivity index (χ1n) is 12.1. The number of pyridine rings is 1. The second-order valence-corrected chi connectivity index (χ2v) is 9.65. The molecule has 3 rings (SSSR count). The number of amides is 4. The number of benzene rings is 1. The molecule has 1 fully saturated rings. The Morgan fingerprint density at radius 2 is 1.83 bits per heavy atom. The predicted molar refractivity (Wildman–Crippen MR) is 134 cm³/mol. The standard InChI is InChI=1S/C27H33N5O3/c1-18(2)14-19(3)15-20(4)30-25(33)22-10-11-24(29-17-22)31-12-7-13-32(27(31)35)26(34)23-9-6-5-8-21(23)16-28/h5-6,8-11,17-20H,7,12-15H2,1-4H3,(H,30,33). The van der Waals surface area contributed by atoms with E-state index < -0.39 is 11.9 Å². The van der Waals surface area contributed by atoms with Gasteiger partial charge in [-0.25, -0.2) is 9.78 Å². The second kappa shape index (κ2) is 11.6. The van der Waals surface area contributed by atoms with E-state index in [1.807, 2.05) is 13.0 Å². The van der Waals surface area contributed by atoms with Crippen LogP contribution >= 0.6 is 0 Å². The van der Waals surface area contributed by atoms with E-state index in [0.717, 1.165) is 17.7 Å². The van der Waals surface area contributed by atoms with Crippen molar-refractivity contribution in [1.82, 2.24) is 15.2 Å². The van der Waals surface area contributed by atoms with Crippen molar-refractivity contribution in [1.29, 1.82) is 5.26 Å². The molecule has 0 bridgehead atoms. The highest BCUT2D eigenvalue weighted by molar-refractivity contribution is 6.10. The number of nitriles is 1. The zero-order valence-corrected chi connectivity index (χ0v) is 20.8. The van der Waals surface area contributed by atoms with Gasteiger partial charge in [-0.3, -0.25) is 19.4 Å². The molecule has 1 saturated heterocycles. The van der Waals surface area contributed by atoms with Gasteiger partial charge >= 0.3 is 6.03 Å². The van der Waals surface area contributed by atoms with Crippen molar-refractivity contribution in [3.63, 3.8) is 0 Å². The summed E-state index contributed by atoms with van der Waals surface area (Å²) in [6.45, 7) is 9.26. The molecule has 2 atom stereocenters. The average Bonchev–Trinajstić information content (AvgIpc) is 2.83. The Morgan fingerprint density at radius 1 is 1.09 bits per heavy atom. The summed E-state index contributed by atoms with van der Waals surface area (Å²) in [5.74, 6) is 0.795. The van der Waals surface area contributed by atoms with Crippen LogP contribution in [0.1, 0.15) is 73.2 Å². The van der Waals surface area contributed by atoms with E-state index in [1.54, 1.807) is 36.4 Å². The van der Waals surface area contributed by atoms with Crippen molar-refractivity contribution in [2.45, 2.75) is 53.0 Å². The predicted octanol–water partition coefficient (Wildman–Crippen LogP) is 4.62. The highest BCUT2D eigenvalue weighted by Gasteiger charge is 2.33. The highest BCUT2D eigenvalue weighted by atomic mass is 16.2. The van der Waals surface area contributed by atoms with Gasteiger partial charge in [-0.2, -0.15) is 5.26 Å². The van der Waals surface area contributed by atoms with Gasteiger partial charge in [0.25, 0.3) is 11.8 Å². The number of imide groups is 1. The lowest BCUT2D eigenvalue weighted by atomic mass is 9.93. The average molecular weight is 476 g/mol. The van der Waals surface area contributed by atoms with Crippen molar-refractivity contribution in [3.05, 3.63) is 59.3 Å². The minimum atomic E-state index is -0.506. The first kappa shape index (κ1) is 25.9. The van der Waals surface area contributed by atoms with Crippen LogP contribution < -0.4 is 10.2 Å². The van der Waals surface area contributed by atoms with E-state index in [-0.39, 0.29) is 29.6 Å². The summed E-state index contributed by atoms with van der Waals surface area (Å²) in [4.78, 5) is 45.7. The van der Waals surface area contributed by atoms with E-state index >= 15 is 0 Å². The van der Waals surface area contributed by atoms with Gasteiger partial charge in [-0.1, -0.05) is 32.9 Å². The molecule has 1 aromatic carbocycles. The Labute approximate surface area is 206 Å². The molecule has 8 nitrogen and oxygen atoms in total. The maximum absolute atomic E-state index is 13.1. The zero-order valence-electron chi connectivity index (χ0n) is 20.8. The van der Waals surface area contributed by atoms with Gasteiger partial charge in [0.05, 0.1) is 22.8 Å². The lowest BCUT2D eigenvalue weighted by Gasteiger charge is -2.33. The van der Waals surface area contributed by atoms with Crippen LogP contribution in [0.2, 0.25) is 0 Å². The van der Waals surface area contributed by atoms with Crippen molar-refractivity contribution in [2.75, 3.05) is 18.0 Å². The number of urea groups is 1. The highest BCUT2D eigenvalue weighted by Crippen LogP contribution is 2.21. The first-order valence-corrected chi connectivity index (χ1v) is 12.1. The first-order chi connectivity index (χ1) is 16.7. The summed E-state index contributed by atoms with van der Waals surface area (Å²) in [6, 6.07) is 11.2. The number of anilines is 1. The third-order valence-electron chi connectivity index (χ3n) is 6.04. The van der Waals surface area contributed by atoms with Gasteiger partial charge in [-0.15, -0.1) is 0 Å². The number of hydrogen-bond acceptors (Lipinski definition) is 5. The maximum atomic E-state index is 13.1. The molecule has 1 aliphatic rings. The molecule has 1 aromatic heterocycles. The van der Waals surface area contributed by atoms with E-state index in [1.165, 1.54) is 11.1 Å². The fourth-order valence-electron chi connectivity index (χ4n) is 4.59. The molecule has 4 amide bonds. The van der Waals surface area contributed by atoms with Crippen molar-refractivity contribution in [2.24, 2.45) is 11.8 Å². The molecular weight excluding hydrogens is 442 g/mol. The molecule has 0 aliphatic carbocycles. The quantitative estimate of drug-likeness (QED) is 0.600. The molecular formula is C27H33N5O3. The van der Waals surface area contributed by atoms with Crippen LogP contribution in [0.25, 0.3) is 0 Å². The Balaban J connectivity index is 1.66. The summed E-state index contributed by atoms with van der Waals surface area (Å²) in [5.41, 5.74) is 0.836. The van der Waals surface area contributed by atoms with Crippen LogP contribution in [0.3, 0.4) is 0 Å². The Bertz CT molecular complexity index is 1110. The molecule has 35 heavy (non-hydrogen) atoms. The molecule has 2 aromatic rings. The number of rotatable bonds is 8. The summed E-state index contributed by atoms with van der Waals surface area (Å²) >= 11 is 0. The molecule has 0 radical (unpaired) electrons. The Hall–Kier alpha value is -3.73.